The molecule has 5 heteroatoms. The molecule has 3 nitrogen and oxygen atoms in total. The molecule has 0 saturated heterocycles. The minimum Gasteiger partial charge on any atom is -0.494 e. The maximum atomic E-state index is 6.08. The van der Waals surface area contributed by atoms with Crippen molar-refractivity contribution in [3.8, 4) is 5.75 Å². The maximum Gasteiger partial charge on any atom is 0.119 e. The van der Waals surface area contributed by atoms with Crippen molar-refractivity contribution in [1.82, 2.24) is 0 Å². The van der Waals surface area contributed by atoms with E-state index in [0.717, 1.165) is 30.2 Å². The number of hydrogen-bond acceptors (Lipinski definition) is 3. The topological polar surface area (TPSA) is 33.3 Å². The van der Waals surface area contributed by atoms with E-state index in [0.29, 0.717) is 16.7 Å². The lowest BCUT2D eigenvalue weighted by atomic mass is 10.3. The third kappa shape index (κ3) is 5.03. The molecule has 0 aliphatic rings. The predicted octanol–water partition coefficient (Wildman–Crippen LogP) is 4.92. The summed E-state index contributed by atoms with van der Waals surface area (Å²) in [6, 6.07) is 13.3. The van der Waals surface area contributed by atoms with Crippen molar-refractivity contribution in [2.24, 2.45) is 0 Å². The Morgan fingerprint density at radius 3 is 2.38 bits per heavy atom. The second kappa shape index (κ2) is 8.01. The highest BCUT2D eigenvalue weighted by Crippen LogP contribution is 2.25. The second-order valence-corrected chi connectivity index (χ2v) is 5.28. The van der Waals surface area contributed by atoms with Crippen molar-refractivity contribution in [1.29, 1.82) is 0 Å². The van der Waals surface area contributed by atoms with Gasteiger partial charge in [0.15, 0.2) is 0 Å². The first-order valence-corrected chi connectivity index (χ1v) is 7.60. The van der Waals surface area contributed by atoms with Gasteiger partial charge in [-0.3, -0.25) is 0 Å². The van der Waals surface area contributed by atoms with E-state index < -0.39 is 0 Å². The van der Waals surface area contributed by atoms with Gasteiger partial charge in [-0.2, -0.15) is 0 Å². The summed E-state index contributed by atoms with van der Waals surface area (Å²) in [5, 5.41) is 7.91. The Morgan fingerprint density at radius 2 is 1.67 bits per heavy atom. The van der Waals surface area contributed by atoms with Crippen LogP contribution in [0.3, 0.4) is 0 Å². The molecule has 0 aliphatic carbocycles. The number of hydrogen-bond donors (Lipinski definition) is 2. The van der Waals surface area contributed by atoms with Gasteiger partial charge in [0.25, 0.3) is 0 Å². The largest absolute Gasteiger partial charge is 0.494 e. The normalized spacial score (nSPS) is 10.2. The summed E-state index contributed by atoms with van der Waals surface area (Å²) in [4.78, 5) is 0. The van der Waals surface area contributed by atoms with Crippen LogP contribution in [0.2, 0.25) is 10.0 Å². The monoisotopic (exact) mass is 324 g/mol. The number of anilines is 2. The van der Waals surface area contributed by atoms with Crippen LogP contribution >= 0.6 is 23.2 Å². The highest BCUT2D eigenvalue weighted by atomic mass is 35.5. The molecule has 0 amide bonds. The lowest BCUT2D eigenvalue weighted by molar-refractivity contribution is 0.340. The van der Waals surface area contributed by atoms with Crippen LogP contribution in [-0.2, 0) is 0 Å². The van der Waals surface area contributed by atoms with Gasteiger partial charge in [0.05, 0.1) is 17.3 Å². The van der Waals surface area contributed by atoms with E-state index in [2.05, 4.69) is 10.6 Å². The average molecular weight is 325 g/mol. The Kier molecular flexibility index (Phi) is 6.03. The molecule has 0 saturated carbocycles. The van der Waals surface area contributed by atoms with Gasteiger partial charge in [-0.1, -0.05) is 23.2 Å². The molecule has 0 heterocycles. The molecule has 0 spiro atoms. The first-order valence-electron chi connectivity index (χ1n) is 6.84. The third-order valence-corrected chi connectivity index (χ3v) is 3.43. The van der Waals surface area contributed by atoms with Gasteiger partial charge in [-0.25, -0.2) is 0 Å². The fourth-order valence-corrected chi connectivity index (χ4v) is 2.23. The lowest BCUT2D eigenvalue weighted by Crippen LogP contribution is -2.13. The van der Waals surface area contributed by atoms with E-state index in [1.165, 1.54) is 0 Å². The Bertz CT molecular complexity index is 573. The van der Waals surface area contributed by atoms with Crippen molar-refractivity contribution in [3.05, 3.63) is 52.5 Å². The molecule has 0 atom stereocenters. The van der Waals surface area contributed by atoms with Crippen LogP contribution in [0.15, 0.2) is 42.5 Å². The molecule has 0 unspecified atom stereocenters. The molecule has 0 bridgehead atoms. The van der Waals surface area contributed by atoms with Crippen LogP contribution in [0.4, 0.5) is 11.4 Å². The van der Waals surface area contributed by atoms with Gasteiger partial charge < -0.3 is 15.4 Å². The van der Waals surface area contributed by atoms with E-state index in [-0.39, 0.29) is 0 Å². The van der Waals surface area contributed by atoms with Crippen molar-refractivity contribution >= 4 is 34.6 Å². The van der Waals surface area contributed by atoms with Gasteiger partial charge in [0.2, 0.25) is 0 Å². The van der Waals surface area contributed by atoms with E-state index >= 15 is 0 Å². The van der Waals surface area contributed by atoms with Gasteiger partial charge in [0, 0.05) is 23.8 Å². The zero-order valence-electron chi connectivity index (χ0n) is 11.8. The zero-order chi connectivity index (χ0) is 15.1. The first kappa shape index (κ1) is 15.8. The fraction of sp³-hybridized carbons (Fsp3) is 0.250. The standard InChI is InChI=1S/C16H18Cl2N2O/c1-2-21-14-6-4-13(5-7-14)19-9-10-20-16-11-12(17)3-8-15(16)18/h3-8,11,19-20H,2,9-10H2,1H3. The van der Waals surface area contributed by atoms with Crippen molar-refractivity contribution in [3.63, 3.8) is 0 Å². The predicted molar refractivity (Wildman–Crippen MR) is 91.1 cm³/mol. The highest BCUT2D eigenvalue weighted by Gasteiger charge is 2.00. The Hall–Kier alpha value is -1.58. The minimum absolute atomic E-state index is 0.667. The quantitative estimate of drug-likeness (QED) is 0.709. The van der Waals surface area contributed by atoms with Crippen LogP contribution in [0.1, 0.15) is 6.92 Å². The summed E-state index contributed by atoms with van der Waals surface area (Å²) >= 11 is 12.0. The van der Waals surface area contributed by atoms with E-state index in [4.69, 9.17) is 27.9 Å². The van der Waals surface area contributed by atoms with Crippen LogP contribution in [0.5, 0.6) is 5.75 Å². The van der Waals surface area contributed by atoms with Crippen LogP contribution in [-0.4, -0.2) is 19.7 Å². The van der Waals surface area contributed by atoms with Crippen LogP contribution in [0.25, 0.3) is 0 Å². The molecule has 0 aromatic heterocycles. The number of halogens is 2. The summed E-state index contributed by atoms with van der Waals surface area (Å²) in [6.45, 7) is 4.17. The molecule has 0 fully saturated rings. The van der Waals surface area contributed by atoms with Gasteiger partial charge in [-0.15, -0.1) is 0 Å². The number of rotatable bonds is 7. The lowest BCUT2D eigenvalue weighted by Gasteiger charge is -2.11. The third-order valence-electron chi connectivity index (χ3n) is 2.86. The number of benzene rings is 2. The number of ether oxygens (including phenoxy) is 1. The Labute approximate surface area is 135 Å². The van der Waals surface area contributed by atoms with Crippen LogP contribution in [0, 0.1) is 0 Å². The average Bonchev–Trinajstić information content (AvgIpc) is 2.49. The molecule has 2 aromatic rings. The van der Waals surface area contributed by atoms with Crippen molar-refractivity contribution < 1.29 is 4.74 Å². The summed E-state index contributed by atoms with van der Waals surface area (Å²) < 4.78 is 5.40. The molecule has 2 rings (SSSR count). The molecule has 2 N–H and O–H groups in total. The Balaban J connectivity index is 1.77. The second-order valence-electron chi connectivity index (χ2n) is 4.44. The zero-order valence-corrected chi connectivity index (χ0v) is 13.3. The SMILES string of the molecule is CCOc1ccc(NCCNc2cc(Cl)ccc2Cl)cc1. The first-order chi connectivity index (χ1) is 10.2. The fourth-order valence-electron chi connectivity index (χ4n) is 1.87. The van der Waals surface area contributed by atoms with E-state index in [1.807, 2.05) is 37.3 Å². The van der Waals surface area contributed by atoms with E-state index in [1.54, 1.807) is 12.1 Å². The molecular formula is C16H18Cl2N2O. The summed E-state index contributed by atoms with van der Waals surface area (Å²) in [7, 11) is 0. The van der Waals surface area contributed by atoms with Crippen LogP contribution < -0.4 is 15.4 Å². The van der Waals surface area contributed by atoms with Crippen molar-refractivity contribution in [2.45, 2.75) is 6.92 Å². The summed E-state index contributed by atoms with van der Waals surface area (Å²) in [5.74, 6) is 0.881. The molecule has 21 heavy (non-hydrogen) atoms. The Morgan fingerprint density at radius 1 is 0.952 bits per heavy atom. The molecular weight excluding hydrogens is 307 g/mol. The van der Waals surface area contributed by atoms with Gasteiger partial charge in [0.1, 0.15) is 5.75 Å². The summed E-state index contributed by atoms with van der Waals surface area (Å²) in [6.07, 6.45) is 0. The van der Waals surface area contributed by atoms with Gasteiger partial charge in [-0.05, 0) is 49.4 Å². The molecule has 2 aromatic carbocycles. The smallest absolute Gasteiger partial charge is 0.119 e. The molecule has 0 aliphatic heterocycles. The number of nitrogens with one attached hydrogen (secondary N) is 2. The molecule has 0 radical (unpaired) electrons. The van der Waals surface area contributed by atoms with Crippen molar-refractivity contribution in [2.75, 3.05) is 30.3 Å². The highest BCUT2D eigenvalue weighted by molar-refractivity contribution is 6.35. The van der Waals surface area contributed by atoms with Gasteiger partial charge >= 0.3 is 0 Å². The minimum atomic E-state index is 0.667. The van der Waals surface area contributed by atoms with E-state index in [9.17, 15) is 0 Å². The molecule has 112 valence electrons. The maximum absolute atomic E-state index is 6.08. The summed E-state index contributed by atoms with van der Waals surface area (Å²) in [5.41, 5.74) is 1.90.